The molecule has 1 saturated heterocycles. The number of fused-ring (bicyclic) bond motifs is 1. The number of hydrogen-bond acceptors (Lipinski definition) is 4. The van der Waals surface area contributed by atoms with Crippen LogP contribution < -0.4 is 15.1 Å². The van der Waals surface area contributed by atoms with E-state index in [-0.39, 0.29) is 21.8 Å². The summed E-state index contributed by atoms with van der Waals surface area (Å²) in [5, 5.41) is 2.74. The number of halogens is 2. The van der Waals surface area contributed by atoms with Gasteiger partial charge in [0.1, 0.15) is 5.57 Å². The third-order valence-corrected chi connectivity index (χ3v) is 7.32. The minimum atomic E-state index is -0.833. The van der Waals surface area contributed by atoms with Gasteiger partial charge in [-0.15, -0.1) is 0 Å². The van der Waals surface area contributed by atoms with E-state index in [9.17, 15) is 14.4 Å². The lowest BCUT2D eigenvalue weighted by molar-refractivity contribution is -0.122. The normalized spacial score (nSPS) is 21.4. The largest absolute Gasteiger partial charge is 0.369 e. The molecule has 0 radical (unpaired) electrons. The highest BCUT2D eigenvalue weighted by Gasteiger charge is 2.38. The summed E-state index contributed by atoms with van der Waals surface area (Å²) >= 11 is 12.0. The first-order chi connectivity index (χ1) is 15.4. The number of rotatable bonds is 2. The highest BCUT2D eigenvalue weighted by molar-refractivity contribution is 6.43. The standard InChI is InChI=1S/C25H25Cl2N3O3/c1-13-8-21-17(14(2)12-25(3,4)29(21)5)9-15(13)10-18-22(31)28-24(33)30(23(18)32)16-6-7-19(26)20(27)11-16/h6-11,14H,12H2,1-5H3,(H,28,31,33)/b18-10+/t14-/m1/s1. The summed E-state index contributed by atoms with van der Waals surface area (Å²) in [6, 6.07) is 7.70. The Labute approximate surface area is 203 Å². The maximum atomic E-state index is 13.2. The van der Waals surface area contributed by atoms with Crippen molar-refractivity contribution >= 4 is 58.5 Å². The van der Waals surface area contributed by atoms with Gasteiger partial charge in [0, 0.05) is 18.3 Å². The number of carbonyl (C=O) groups is 3. The zero-order chi connectivity index (χ0) is 24.2. The summed E-state index contributed by atoms with van der Waals surface area (Å²) in [4.78, 5) is 41.5. The fourth-order valence-electron chi connectivity index (χ4n) is 4.56. The van der Waals surface area contributed by atoms with Crippen molar-refractivity contribution in [2.75, 3.05) is 16.8 Å². The zero-order valence-corrected chi connectivity index (χ0v) is 20.6. The van der Waals surface area contributed by atoms with Gasteiger partial charge in [0.2, 0.25) is 0 Å². The molecule has 33 heavy (non-hydrogen) atoms. The van der Waals surface area contributed by atoms with Crippen LogP contribution in [-0.2, 0) is 9.59 Å². The second-order valence-corrected chi connectivity index (χ2v) is 10.1. The van der Waals surface area contributed by atoms with E-state index in [1.165, 1.54) is 18.2 Å². The predicted octanol–water partition coefficient (Wildman–Crippen LogP) is 5.69. The van der Waals surface area contributed by atoms with Crippen molar-refractivity contribution in [3.8, 4) is 0 Å². The van der Waals surface area contributed by atoms with Gasteiger partial charge in [-0.05, 0) is 86.2 Å². The van der Waals surface area contributed by atoms with Crippen LogP contribution >= 0.6 is 23.2 Å². The average molecular weight is 486 g/mol. The molecule has 0 saturated carbocycles. The van der Waals surface area contributed by atoms with Gasteiger partial charge in [-0.3, -0.25) is 14.9 Å². The monoisotopic (exact) mass is 485 g/mol. The molecule has 2 heterocycles. The van der Waals surface area contributed by atoms with E-state index in [4.69, 9.17) is 23.2 Å². The van der Waals surface area contributed by atoms with Gasteiger partial charge in [0.15, 0.2) is 0 Å². The summed E-state index contributed by atoms with van der Waals surface area (Å²) in [6.45, 7) is 8.57. The smallest absolute Gasteiger partial charge is 0.335 e. The third-order valence-electron chi connectivity index (χ3n) is 6.58. The van der Waals surface area contributed by atoms with E-state index >= 15 is 0 Å². The molecular weight excluding hydrogens is 461 g/mol. The minimum Gasteiger partial charge on any atom is -0.369 e. The lowest BCUT2D eigenvalue weighted by atomic mass is 9.79. The molecule has 8 heteroatoms. The van der Waals surface area contributed by atoms with E-state index < -0.39 is 17.8 Å². The Hall–Kier alpha value is -2.83. The van der Waals surface area contributed by atoms with Gasteiger partial charge < -0.3 is 4.90 Å². The van der Waals surface area contributed by atoms with E-state index in [0.29, 0.717) is 10.9 Å². The lowest BCUT2D eigenvalue weighted by Gasteiger charge is -2.45. The number of nitrogens with zero attached hydrogens (tertiary/aromatic N) is 2. The molecule has 0 aliphatic carbocycles. The summed E-state index contributed by atoms with van der Waals surface area (Å²) in [7, 11) is 2.08. The molecule has 0 bridgehead atoms. The van der Waals surface area contributed by atoms with Crippen molar-refractivity contribution in [2.24, 2.45) is 0 Å². The highest BCUT2D eigenvalue weighted by atomic mass is 35.5. The topological polar surface area (TPSA) is 69.7 Å². The Balaban J connectivity index is 1.77. The van der Waals surface area contributed by atoms with Crippen LogP contribution in [0, 0.1) is 6.92 Å². The first-order valence-corrected chi connectivity index (χ1v) is 11.4. The summed E-state index contributed by atoms with van der Waals surface area (Å²) in [5.41, 5.74) is 4.12. The molecule has 4 rings (SSSR count). The maximum Gasteiger partial charge on any atom is 0.335 e. The fourth-order valence-corrected chi connectivity index (χ4v) is 4.85. The van der Waals surface area contributed by atoms with Crippen LogP contribution in [0.3, 0.4) is 0 Å². The van der Waals surface area contributed by atoms with Crippen molar-refractivity contribution in [3.05, 3.63) is 62.6 Å². The van der Waals surface area contributed by atoms with Crippen molar-refractivity contribution in [3.63, 3.8) is 0 Å². The number of amides is 4. The van der Waals surface area contributed by atoms with Crippen LogP contribution in [0.1, 0.15) is 49.8 Å². The van der Waals surface area contributed by atoms with Gasteiger partial charge >= 0.3 is 6.03 Å². The Morgan fingerprint density at radius 3 is 2.45 bits per heavy atom. The molecule has 2 aromatic rings. The molecule has 2 aliphatic rings. The van der Waals surface area contributed by atoms with Gasteiger partial charge in [-0.2, -0.15) is 0 Å². The highest BCUT2D eigenvalue weighted by Crippen LogP contribution is 2.43. The van der Waals surface area contributed by atoms with Gasteiger partial charge in [-0.1, -0.05) is 30.1 Å². The number of hydrogen-bond donors (Lipinski definition) is 1. The number of benzene rings is 2. The molecular formula is C25H25Cl2N3O3. The van der Waals surface area contributed by atoms with Crippen molar-refractivity contribution < 1.29 is 14.4 Å². The quantitative estimate of drug-likeness (QED) is 0.438. The van der Waals surface area contributed by atoms with Crippen LogP contribution in [0.2, 0.25) is 10.0 Å². The SMILES string of the molecule is Cc1cc2c(cc1/C=C1\C(=O)NC(=O)N(c3ccc(Cl)c(Cl)c3)C1=O)[C@H](C)CC(C)(C)N2C. The Kier molecular flexibility index (Phi) is 5.79. The molecule has 2 aromatic carbocycles. The summed E-state index contributed by atoms with van der Waals surface area (Å²) in [5.74, 6) is -1.13. The summed E-state index contributed by atoms with van der Waals surface area (Å²) < 4.78 is 0. The van der Waals surface area contributed by atoms with Crippen LogP contribution in [0.4, 0.5) is 16.2 Å². The van der Waals surface area contributed by atoms with E-state index in [0.717, 1.165) is 33.7 Å². The minimum absolute atomic E-state index is 0.0266. The molecule has 1 atom stereocenters. The molecule has 6 nitrogen and oxygen atoms in total. The number of aryl methyl sites for hydroxylation is 1. The molecule has 2 aliphatic heterocycles. The molecule has 0 aromatic heterocycles. The van der Waals surface area contributed by atoms with Crippen molar-refractivity contribution in [1.29, 1.82) is 0 Å². The Morgan fingerprint density at radius 1 is 1.09 bits per heavy atom. The van der Waals surface area contributed by atoms with Gasteiger partial charge in [-0.25, -0.2) is 9.69 Å². The first kappa shape index (κ1) is 23.3. The Bertz CT molecular complexity index is 1240. The van der Waals surface area contributed by atoms with Crippen LogP contribution in [-0.4, -0.2) is 30.4 Å². The van der Waals surface area contributed by atoms with Crippen LogP contribution in [0.5, 0.6) is 0 Å². The number of imide groups is 2. The van der Waals surface area contributed by atoms with E-state index in [2.05, 4.69) is 44.1 Å². The van der Waals surface area contributed by atoms with E-state index in [1.54, 1.807) is 6.08 Å². The van der Waals surface area contributed by atoms with Crippen LogP contribution in [0.25, 0.3) is 6.08 Å². The predicted molar refractivity (Wildman–Crippen MR) is 132 cm³/mol. The molecule has 0 unspecified atom stereocenters. The number of carbonyl (C=O) groups excluding carboxylic acids is 3. The second-order valence-electron chi connectivity index (χ2n) is 9.30. The molecule has 0 spiro atoms. The molecule has 172 valence electrons. The second kappa shape index (κ2) is 8.19. The third kappa shape index (κ3) is 4.02. The Morgan fingerprint density at radius 2 is 1.79 bits per heavy atom. The average Bonchev–Trinajstić information content (AvgIpc) is 2.72. The van der Waals surface area contributed by atoms with Crippen LogP contribution in [0.15, 0.2) is 35.9 Å². The number of barbiturate groups is 1. The zero-order valence-electron chi connectivity index (χ0n) is 19.1. The van der Waals surface area contributed by atoms with Crippen molar-refractivity contribution in [1.82, 2.24) is 5.32 Å². The lowest BCUT2D eigenvalue weighted by Crippen LogP contribution is -2.54. The van der Waals surface area contributed by atoms with Gasteiger partial charge in [0.05, 0.1) is 15.7 Å². The fraction of sp³-hybridized carbons (Fsp3) is 0.320. The molecule has 1 N–H and O–H groups in total. The van der Waals surface area contributed by atoms with Gasteiger partial charge in [0.25, 0.3) is 11.8 Å². The number of nitrogens with one attached hydrogen (secondary N) is 1. The van der Waals surface area contributed by atoms with E-state index in [1.807, 2.05) is 13.0 Å². The summed E-state index contributed by atoms with van der Waals surface area (Å²) in [6.07, 6.45) is 2.53. The number of anilines is 2. The first-order valence-electron chi connectivity index (χ1n) is 10.7. The van der Waals surface area contributed by atoms with Crippen molar-refractivity contribution in [2.45, 2.75) is 45.6 Å². The molecule has 1 fully saturated rings. The number of urea groups is 1. The maximum absolute atomic E-state index is 13.2. The molecule has 4 amide bonds.